The molecule has 150 valence electrons. The summed E-state index contributed by atoms with van der Waals surface area (Å²) >= 11 is 0. The third-order valence-electron chi connectivity index (χ3n) is 6.13. The van der Waals surface area contributed by atoms with Crippen molar-refractivity contribution in [2.24, 2.45) is 17.6 Å². The van der Waals surface area contributed by atoms with Gasteiger partial charge in [0, 0.05) is 32.0 Å². The summed E-state index contributed by atoms with van der Waals surface area (Å²) in [4.78, 5) is 36.3. The molecule has 1 atom stereocenters. The monoisotopic (exact) mass is 383 g/mol. The van der Waals surface area contributed by atoms with E-state index in [1.165, 1.54) is 6.42 Å². The van der Waals surface area contributed by atoms with Gasteiger partial charge in [-0.3, -0.25) is 14.5 Å². The van der Waals surface area contributed by atoms with Crippen LogP contribution >= 0.6 is 0 Å². The first-order valence-corrected chi connectivity index (χ1v) is 10.3. The predicted octanol–water partition coefficient (Wildman–Crippen LogP) is 1.54. The number of nitrogens with two attached hydrogens (primary N) is 1. The van der Waals surface area contributed by atoms with E-state index in [-0.39, 0.29) is 17.7 Å². The number of carbonyl (C=O) groups excluding carboxylic acids is 2. The number of H-pyrrole nitrogens is 1. The van der Waals surface area contributed by atoms with Crippen molar-refractivity contribution in [2.75, 3.05) is 32.7 Å². The molecule has 2 fully saturated rings. The number of fused-ring (bicyclic) bond motifs is 1. The van der Waals surface area contributed by atoms with Crippen LogP contribution in [0.15, 0.2) is 24.3 Å². The van der Waals surface area contributed by atoms with Gasteiger partial charge in [0.25, 0.3) is 0 Å². The van der Waals surface area contributed by atoms with Crippen LogP contribution in [0.1, 0.15) is 31.5 Å². The van der Waals surface area contributed by atoms with Gasteiger partial charge in [-0.05, 0) is 50.3 Å². The van der Waals surface area contributed by atoms with Gasteiger partial charge in [-0.15, -0.1) is 0 Å². The quantitative estimate of drug-likeness (QED) is 0.819. The van der Waals surface area contributed by atoms with Crippen molar-refractivity contribution >= 4 is 22.8 Å². The van der Waals surface area contributed by atoms with E-state index in [4.69, 9.17) is 10.7 Å². The lowest BCUT2D eigenvalue weighted by Crippen LogP contribution is -2.47. The fourth-order valence-electron chi connectivity index (χ4n) is 4.54. The molecule has 0 spiro atoms. The van der Waals surface area contributed by atoms with E-state index in [1.807, 2.05) is 23.1 Å². The van der Waals surface area contributed by atoms with Crippen molar-refractivity contribution < 1.29 is 9.59 Å². The standard InChI is InChI=1S/C21H29N5O2/c22-21(28)16-7-10-26(11-8-16)20(27)14-25-9-3-4-15(13-25)12-19-23-17-5-1-2-6-18(17)24-19/h1-2,5-6,15-16H,3-4,7-14H2,(H2,22,28)(H,23,24)/t15-/m0/s1. The van der Waals surface area contributed by atoms with Crippen molar-refractivity contribution in [1.82, 2.24) is 19.8 Å². The Labute approximate surface area is 165 Å². The first-order chi connectivity index (χ1) is 13.6. The molecule has 3 N–H and O–H groups in total. The fraction of sp³-hybridized carbons (Fsp3) is 0.571. The third-order valence-corrected chi connectivity index (χ3v) is 6.13. The number of imidazole rings is 1. The predicted molar refractivity (Wildman–Crippen MR) is 107 cm³/mol. The molecular formula is C21H29N5O2. The molecule has 4 rings (SSSR count). The van der Waals surface area contributed by atoms with Crippen molar-refractivity contribution in [3.05, 3.63) is 30.1 Å². The number of nitrogens with zero attached hydrogens (tertiary/aromatic N) is 3. The zero-order valence-corrected chi connectivity index (χ0v) is 16.3. The summed E-state index contributed by atoms with van der Waals surface area (Å²) < 4.78 is 0. The topological polar surface area (TPSA) is 95.3 Å². The Morgan fingerprint density at radius 3 is 2.68 bits per heavy atom. The molecule has 0 radical (unpaired) electrons. The Morgan fingerprint density at radius 2 is 1.93 bits per heavy atom. The van der Waals surface area contributed by atoms with Crippen molar-refractivity contribution in [3.63, 3.8) is 0 Å². The maximum Gasteiger partial charge on any atom is 0.236 e. The molecule has 1 aromatic heterocycles. The molecule has 7 nitrogen and oxygen atoms in total. The SMILES string of the molecule is NC(=O)C1CCN(C(=O)CN2CCC[C@@H](Cc3nc4ccccc4[nH]3)C2)CC1. The number of piperidine rings is 2. The van der Waals surface area contributed by atoms with Crippen LogP contribution in [0.3, 0.4) is 0 Å². The van der Waals surface area contributed by atoms with Crippen LogP contribution in [-0.4, -0.2) is 64.3 Å². The molecule has 3 heterocycles. The number of aromatic nitrogens is 2. The number of aromatic amines is 1. The van der Waals surface area contributed by atoms with Gasteiger partial charge in [-0.2, -0.15) is 0 Å². The number of benzene rings is 1. The van der Waals surface area contributed by atoms with Crippen LogP contribution in [0.2, 0.25) is 0 Å². The van der Waals surface area contributed by atoms with Crippen LogP contribution in [-0.2, 0) is 16.0 Å². The van der Waals surface area contributed by atoms with Crippen LogP contribution < -0.4 is 5.73 Å². The highest BCUT2D eigenvalue weighted by molar-refractivity contribution is 5.80. The Kier molecular flexibility index (Phi) is 5.62. The van der Waals surface area contributed by atoms with E-state index in [0.29, 0.717) is 38.4 Å². The smallest absolute Gasteiger partial charge is 0.236 e. The third kappa shape index (κ3) is 4.35. The summed E-state index contributed by atoms with van der Waals surface area (Å²) in [5, 5.41) is 0. The molecule has 0 unspecified atom stereocenters. The number of para-hydroxylation sites is 2. The summed E-state index contributed by atoms with van der Waals surface area (Å²) in [6, 6.07) is 8.11. The van der Waals surface area contributed by atoms with Gasteiger partial charge in [-0.1, -0.05) is 12.1 Å². The van der Waals surface area contributed by atoms with Gasteiger partial charge >= 0.3 is 0 Å². The van der Waals surface area contributed by atoms with Crippen molar-refractivity contribution in [2.45, 2.75) is 32.1 Å². The number of carbonyl (C=O) groups is 2. The summed E-state index contributed by atoms with van der Waals surface area (Å²) in [7, 11) is 0. The maximum absolute atomic E-state index is 12.7. The second kappa shape index (κ2) is 8.31. The number of hydrogen-bond acceptors (Lipinski definition) is 4. The first kappa shape index (κ1) is 18.9. The number of rotatable bonds is 5. The minimum absolute atomic E-state index is 0.0766. The Hall–Kier alpha value is -2.41. The first-order valence-electron chi connectivity index (χ1n) is 10.3. The van der Waals surface area contributed by atoms with E-state index >= 15 is 0 Å². The number of amides is 2. The molecule has 2 saturated heterocycles. The Morgan fingerprint density at radius 1 is 1.14 bits per heavy atom. The lowest BCUT2D eigenvalue weighted by molar-refractivity contribution is -0.136. The molecule has 2 aliphatic rings. The summed E-state index contributed by atoms with van der Waals surface area (Å²) in [5.74, 6) is 1.41. The van der Waals surface area contributed by atoms with E-state index < -0.39 is 0 Å². The molecule has 7 heteroatoms. The van der Waals surface area contributed by atoms with Crippen LogP contribution in [0.25, 0.3) is 11.0 Å². The zero-order valence-electron chi connectivity index (χ0n) is 16.3. The lowest BCUT2D eigenvalue weighted by atomic mass is 9.94. The highest BCUT2D eigenvalue weighted by atomic mass is 16.2. The minimum atomic E-state index is -0.239. The van der Waals surface area contributed by atoms with Crippen molar-refractivity contribution in [1.29, 1.82) is 0 Å². The largest absolute Gasteiger partial charge is 0.369 e. The molecule has 2 amide bonds. The van der Waals surface area contributed by atoms with Gasteiger partial charge in [-0.25, -0.2) is 4.98 Å². The summed E-state index contributed by atoms with van der Waals surface area (Å²) in [6.07, 6.45) is 4.59. The molecule has 28 heavy (non-hydrogen) atoms. The second-order valence-electron chi connectivity index (χ2n) is 8.21. The highest BCUT2D eigenvalue weighted by Crippen LogP contribution is 2.22. The van der Waals surface area contributed by atoms with Gasteiger partial charge in [0.15, 0.2) is 0 Å². The average molecular weight is 383 g/mol. The van der Waals surface area contributed by atoms with Gasteiger partial charge in [0.05, 0.1) is 17.6 Å². The van der Waals surface area contributed by atoms with Crippen LogP contribution in [0, 0.1) is 11.8 Å². The molecule has 0 saturated carbocycles. The fourth-order valence-corrected chi connectivity index (χ4v) is 4.54. The highest BCUT2D eigenvalue weighted by Gasteiger charge is 2.28. The number of likely N-dealkylation sites (tertiary alicyclic amines) is 2. The average Bonchev–Trinajstić information content (AvgIpc) is 3.10. The Bertz CT molecular complexity index is 807. The molecule has 2 aromatic rings. The number of nitrogens with one attached hydrogen (secondary N) is 1. The number of primary amides is 1. The van der Waals surface area contributed by atoms with E-state index in [0.717, 1.165) is 42.8 Å². The van der Waals surface area contributed by atoms with E-state index in [1.54, 1.807) is 0 Å². The lowest BCUT2D eigenvalue weighted by Gasteiger charge is -2.35. The van der Waals surface area contributed by atoms with Gasteiger partial charge in [0.1, 0.15) is 5.82 Å². The van der Waals surface area contributed by atoms with Gasteiger partial charge in [0.2, 0.25) is 11.8 Å². The molecule has 2 aliphatic heterocycles. The van der Waals surface area contributed by atoms with Crippen LogP contribution in [0.5, 0.6) is 0 Å². The van der Waals surface area contributed by atoms with E-state index in [9.17, 15) is 9.59 Å². The zero-order chi connectivity index (χ0) is 19.5. The van der Waals surface area contributed by atoms with E-state index in [2.05, 4.69) is 16.0 Å². The summed E-state index contributed by atoms with van der Waals surface area (Å²) in [6.45, 7) is 3.66. The molecular weight excluding hydrogens is 354 g/mol. The minimum Gasteiger partial charge on any atom is -0.369 e. The maximum atomic E-state index is 12.7. The Balaban J connectivity index is 1.29. The van der Waals surface area contributed by atoms with Crippen molar-refractivity contribution in [3.8, 4) is 0 Å². The van der Waals surface area contributed by atoms with Gasteiger partial charge < -0.3 is 15.6 Å². The number of hydrogen-bond donors (Lipinski definition) is 2. The van der Waals surface area contributed by atoms with Crippen LogP contribution in [0.4, 0.5) is 0 Å². The molecule has 1 aromatic carbocycles. The second-order valence-corrected chi connectivity index (χ2v) is 8.21. The summed E-state index contributed by atoms with van der Waals surface area (Å²) in [5.41, 5.74) is 7.48. The normalized spacial score (nSPS) is 21.9. The molecule has 0 bridgehead atoms. The molecule has 0 aliphatic carbocycles.